The lowest BCUT2D eigenvalue weighted by atomic mass is 9.70. The molecule has 0 saturated heterocycles. The van der Waals surface area contributed by atoms with Crippen molar-refractivity contribution in [3.8, 4) is 78.4 Å². The topological polar surface area (TPSA) is 51.1 Å². The predicted molar refractivity (Wildman–Crippen MR) is 286 cm³/mol. The highest BCUT2D eigenvalue weighted by atomic mass is 32.1. The smallest absolute Gasteiger partial charge is 0.159 e. The van der Waals surface area contributed by atoms with Gasteiger partial charge in [0.05, 0.1) is 32.9 Å². The average molecular weight is 911 g/mol. The van der Waals surface area contributed by atoms with E-state index in [0.29, 0.717) is 0 Å². The summed E-state index contributed by atoms with van der Waals surface area (Å²) in [5.74, 6) is 1.69. The number of benzene rings is 8. The van der Waals surface area contributed by atoms with Crippen molar-refractivity contribution < 1.29 is 4.74 Å². The monoisotopic (exact) mass is 910 g/mol. The van der Waals surface area contributed by atoms with E-state index in [1.165, 1.54) is 48.0 Å². The van der Waals surface area contributed by atoms with Crippen LogP contribution in [-0.2, 0) is 5.41 Å². The molecule has 1 atom stereocenters. The van der Waals surface area contributed by atoms with Gasteiger partial charge in [-0.1, -0.05) is 115 Å². The molecular weight excluding hydrogens is 873 g/mol. The summed E-state index contributed by atoms with van der Waals surface area (Å²) in [6.45, 7) is 0. The molecule has 2 aliphatic carbocycles. The lowest BCUT2D eigenvalue weighted by Gasteiger charge is -2.35. The van der Waals surface area contributed by atoms with Gasteiger partial charge in [-0.25, -0.2) is 0 Å². The van der Waals surface area contributed by atoms with Gasteiger partial charge in [-0.15, -0.1) is 11.3 Å². The zero-order valence-corrected chi connectivity index (χ0v) is 38.4. The van der Waals surface area contributed by atoms with Gasteiger partial charge in [-0.05, 0) is 157 Å². The predicted octanol–water partition coefficient (Wildman–Crippen LogP) is 16.8. The number of anilines is 3. The maximum absolute atomic E-state index is 7.26. The van der Waals surface area contributed by atoms with E-state index in [9.17, 15) is 0 Å². The van der Waals surface area contributed by atoms with E-state index in [4.69, 9.17) is 9.72 Å². The molecule has 0 fully saturated rings. The van der Waals surface area contributed by atoms with Crippen molar-refractivity contribution in [2.24, 2.45) is 0 Å². The Bertz CT molecular complexity index is 4070. The van der Waals surface area contributed by atoms with Crippen LogP contribution in [0, 0.1) is 0 Å². The lowest BCUT2D eigenvalue weighted by Crippen LogP contribution is -2.26. The van der Waals surface area contributed by atoms with Crippen LogP contribution in [0.15, 0.2) is 231 Å². The number of ether oxygens (including phenoxy) is 1. The average Bonchev–Trinajstić information content (AvgIpc) is 4.07. The van der Waals surface area contributed by atoms with Gasteiger partial charge in [0.1, 0.15) is 0 Å². The van der Waals surface area contributed by atoms with Crippen molar-refractivity contribution in [2.75, 3.05) is 4.90 Å². The number of pyridine rings is 3. The Morgan fingerprint density at radius 2 is 1.06 bits per heavy atom. The number of aromatic nitrogens is 3. The molecule has 1 unspecified atom stereocenters. The molecule has 5 heterocycles. The highest BCUT2D eigenvalue weighted by Gasteiger charge is 2.54. The Labute approximate surface area is 408 Å². The second kappa shape index (κ2) is 15.0. The van der Waals surface area contributed by atoms with E-state index in [1.54, 1.807) is 0 Å². The van der Waals surface area contributed by atoms with Gasteiger partial charge < -0.3 is 9.64 Å². The molecule has 6 heteroatoms. The standard InChI is InChI=1S/C64H38N4OS/c1-2-12-46(44-36-42(39-26-31-65-32-27-39)35-43(37-44)40-28-33-66-34-29-40)45(11-1)41-22-23-50-54(38-41)64(53-17-10-30-67-61(50)53)51-16-5-3-14-49(51)60-52(64)24-25-56-62(60)69-58-20-7-6-18-55(58)68(56)57-19-9-15-48-47-13-4-8-21-59(47)70-63(48)57/h1-38H. The minimum atomic E-state index is -0.669. The highest BCUT2D eigenvalue weighted by Crippen LogP contribution is 2.67. The van der Waals surface area contributed by atoms with Crippen molar-refractivity contribution >= 4 is 48.6 Å². The van der Waals surface area contributed by atoms with Gasteiger partial charge in [-0.2, -0.15) is 0 Å². The van der Waals surface area contributed by atoms with Gasteiger partial charge in [0.2, 0.25) is 0 Å². The van der Waals surface area contributed by atoms with E-state index in [0.717, 1.165) is 89.9 Å². The number of hydrogen-bond acceptors (Lipinski definition) is 6. The SMILES string of the molecule is c1ccc2c(c1)Oc1c(ccc3c1-c1ccccc1C31c3cc(-c4ccccc4-c4cc(-c5ccncc5)cc(-c5ccncc5)c4)ccc3-c3ncccc31)N2c1cccc2c1sc1ccccc12. The lowest BCUT2D eigenvalue weighted by molar-refractivity contribution is 0.478. The van der Waals surface area contributed by atoms with Crippen LogP contribution in [0.4, 0.5) is 17.1 Å². The van der Waals surface area contributed by atoms with Crippen LogP contribution < -0.4 is 9.64 Å². The molecule has 70 heavy (non-hydrogen) atoms. The van der Waals surface area contributed by atoms with Crippen LogP contribution in [0.3, 0.4) is 0 Å². The zero-order chi connectivity index (χ0) is 45.9. The second-order valence-corrected chi connectivity index (χ2v) is 19.3. The molecule has 326 valence electrons. The summed E-state index contributed by atoms with van der Waals surface area (Å²) >= 11 is 1.85. The van der Waals surface area contributed by atoms with Gasteiger partial charge in [0, 0.05) is 57.6 Å². The summed E-state index contributed by atoms with van der Waals surface area (Å²) in [6, 6.07) is 73.0. The normalized spacial score (nSPS) is 14.7. The van der Waals surface area contributed by atoms with Crippen LogP contribution in [-0.4, -0.2) is 15.0 Å². The van der Waals surface area contributed by atoms with Crippen LogP contribution in [0.25, 0.3) is 87.1 Å². The fourth-order valence-electron chi connectivity index (χ4n) is 11.8. The van der Waals surface area contributed by atoms with Gasteiger partial charge >= 0.3 is 0 Å². The molecule has 12 aromatic rings. The van der Waals surface area contributed by atoms with E-state index < -0.39 is 5.41 Å². The van der Waals surface area contributed by atoms with Crippen LogP contribution in [0.5, 0.6) is 11.5 Å². The van der Waals surface area contributed by atoms with Crippen molar-refractivity contribution in [3.05, 3.63) is 253 Å². The largest absolute Gasteiger partial charge is 0.452 e. The Morgan fingerprint density at radius 3 is 1.87 bits per heavy atom. The minimum Gasteiger partial charge on any atom is -0.452 e. The first-order valence-corrected chi connectivity index (χ1v) is 24.4. The molecule has 15 rings (SSSR count). The Kier molecular flexibility index (Phi) is 8.38. The van der Waals surface area contributed by atoms with Gasteiger partial charge in [0.15, 0.2) is 11.5 Å². The van der Waals surface area contributed by atoms with Gasteiger partial charge in [-0.3, -0.25) is 15.0 Å². The number of thiophene rings is 1. The summed E-state index contributed by atoms with van der Waals surface area (Å²) in [5.41, 5.74) is 20.8. The van der Waals surface area contributed by atoms with Crippen LogP contribution >= 0.6 is 11.3 Å². The summed E-state index contributed by atoms with van der Waals surface area (Å²) in [4.78, 5) is 16.3. The molecule has 1 spiro atoms. The summed E-state index contributed by atoms with van der Waals surface area (Å²) in [6.07, 6.45) is 9.37. The maximum atomic E-state index is 7.26. The molecule has 5 nitrogen and oxygen atoms in total. The number of fused-ring (bicyclic) bond motifs is 16. The van der Waals surface area contributed by atoms with E-state index in [2.05, 4.69) is 215 Å². The molecule has 0 radical (unpaired) electrons. The molecule has 0 saturated carbocycles. The molecule has 8 aromatic carbocycles. The summed E-state index contributed by atoms with van der Waals surface area (Å²) < 4.78 is 9.78. The van der Waals surface area contributed by atoms with Gasteiger partial charge in [0.25, 0.3) is 0 Å². The summed E-state index contributed by atoms with van der Waals surface area (Å²) in [7, 11) is 0. The molecule has 0 amide bonds. The van der Waals surface area contributed by atoms with Crippen molar-refractivity contribution in [1.29, 1.82) is 0 Å². The number of hydrogen-bond donors (Lipinski definition) is 0. The van der Waals surface area contributed by atoms with E-state index >= 15 is 0 Å². The van der Waals surface area contributed by atoms with Crippen LogP contribution in [0.2, 0.25) is 0 Å². The Hall–Kier alpha value is -8.97. The molecular formula is C64H38N4OS. The summed E-state index contributed by atoms with van der Waals surface area (Å²) in [5, 5.41) is 2.53. The molecule has 4 aromatic heterocycles. The molecule has 0 N–H and O–H groups in total. The zero-order valence-electron chi connectivity index (χ0n) is 37.5. The fourth-order valence-corrected chi connectivity index (χ4v) is 13.0. The Balaban J connectivity index is 0.952. The van der Waals surface area contributed by atoms with Crippen molar-refractivity contribution in [3.63, 3.8) is 0 Å². The third kappa shape index (κ3) is 5.50. The first kappa shape index (κ1) is 39.1. The molecule has 1 aliphatic heterocycles. The number of para-hydroxylation sites is 2. The quantitative estimate of drug-likeness (QED) is 0.172. The first-order chi connectivity index (χ1) is 34.7. The van der Waals surface area contributed by atoms with E-state index in [-0.39, 0.29) is 0 Å². The molecule has 0 bridgehead atoms. The number of nitrogens with zero attached hydrogens (tertiary/aromatic N) is 4. The fraction of sp³-hybridized carbons (Fsp3) is 0.0156. The van der Waals surface area contributed by atoms with Crippen LogP contribution in [0.1, 0.15) is 22.3 Å². The minimum absolute atomic E-state index is 0.669. The first-order valence-electron chi connectivity index (χ1n) is 23.6. The third-order valence-corrected chi connectivity index (χ3v) is 15.9. The molecule has 3 aliphatic rings. The van der Waals surface area contributed by atoms with E-state index in [1.807, 2.05) is 42.3 Å². The number of rotatable bonds is 5. The van der Waals surface area contributed by atoms with Crippen molar-refractivity contribution in [1.82, 2.24) is 15.0 Å². The maximum Gasteiger partial charge on any atom is 0.159 e. The highest BCUT2D eigenvalue weighted by molar-refractivity contribution is 7.26. The van der Waals surface area contributed by atoms with Crippen molar-refractivity contribution in [2.45, 2.75) is 5.41 Å². The Morgan fingerprint density at radius 1 is 0.400 bits per heavy atom. The third-order valence-electron chi connectivity index (χ3n) is 14.7. The second-order valence-electron chi connectivity index (χ2n) is 18.3.